The number of nitrogens with one attached hydrogen (secondary N) is 2. The average molecular weight is 554 g/mol. The van der Waals surface area contributed by atoms with Crippen LogP contribution < -0.4 is 15.4 Å². The molecule has 32 heavy (non-hydrogen) atoms. The highest BCUT2D eigenvalue weighted by atomic mass is 127. The molecule has 0 aromatic heterocycles. The first kappa shape index (κ1) is 27.7. The molecule has 0 heterocycles. The second-order valence-corrected chi connectivity index (χ2v) is 7.42. The zero-order valence-corrected chi connectivity index (χ0v) is 21.9. The summed E-state index contributed by atoms with van der Waals surface area (Å²) >= 11 is 0. The van der Waals surface area contributed by atoms with Gasteiger partial charge in [0.15, 0.2) is 5.96 Å². The smallest absolute Gasteiger partial charge is 0.341 e. The highest BCUT2D eigenvalue weighted by molar-refractivity contribution is 14.0. The van der Waals surface area contributed by atoms with Gasteiger partial charge in [0, 0.05) is 32.7 Å². The fourth-order valence-corrected chi connectivity index (χ4v) is 3.19. The van der Waals surface area contributed by atoms with Crippen molar-refractivity contribution in [2.24, 2.45) is 4.99 Å². The Bertz CT molecular complexity index is 862. The van der Waals surface area contributed by atoms with Crippen molar-refractivity contribution in [3.63, 3.8) is 0 Å². The van der Waals surface area contributed by atoms with Gasteiger partial charge in [-0.1, -0.05) is 36.4 Å². The number of aliphatic imine (C=N–C) groups is 1. The molecule has 0 aliphatic heterocycles. The Morgan fingerprint density at radius 1 is 1.09 bits per heavy atom. The van der Waals surface area contributed by atoms with Crippen molar-refractivity contribution in [1.82, 2.24) is 15.5 Å². The molecule has 1 unspecified atom stereocenters. The molecular weight excluding hydrogens is 519 g/mol. The molecule has 0 bridgehead atoms. The third-order valence-electron chi connectivity index (χ3n) is 5.23. The molecule has 7 nitrogen and oxygen atoms in total. The molecule has 0 amide bonds. The summed E-state index contributed by atoms with van der Waals surface area (Å²) < 4.78 is 10.1. The maximum absolute atomic E-state index is 12.0. The Labute approximate surface area is 208 Å². The summed E-state index contributed by atoms with van der Waals surface area (Å²) in [6, 6.07) is 16.4. The van der Waals surface area contributed by atoms with E-state index in [2.05, 4.69) is 58.8 Å². The van der Waals surface area contributed by atoms with Gasteiger partial charge in [-0.2, -0.15) is 0 Å². The van der Waals surface area contributed by atoms with Crippen LogP contribution in [0, 0.1) is 0 Å². The predicted molar refractivity (Wildman–Crippen MR) is 140 cm³/mol. The number of esters is 1. The van der Waals surface area contributed by atoms with E-state index in [9.17, 15) is 4.79 Å². The lowest BCUT2D eigenvalue weighted by Crippen LogP contribution is -2.39. The maximum atomic E-state index is 12.0. The Kier molecular flexibility index (Phi) is 12.7. The van der Waals surface area contributed by atoms with Gasteiger partial charge in [-0.15, -0.1) is 24.0 Å². The molecule has 0 aliphatic carbocycles. The standard InChI is InChI=1S/C24H34N4O3.HI/c1-18(28(3)17-19-9-7-6-8-10-19)13-14-26-24(25-2)27-16-20-11-12-22(30-4)21(15-20)23(29)31-5;/h6-12,15,18H,13-14,16-17H2,1-5H3,(H2,25,26,27);1H. The number of carbonyl (C=O) groups is 1. The van der Waals surface area contributed by atoms with E-state index in [0.717, 1.165) is 25.1 Å². The number of guanidine groups is 1. The van der Waals surface area contributed by atoms with Crippen LogP contribution in [0.1, 0.15) is 34.8 Å². The zero-order chi connectivity index (χ0) is 22.6. The minimum absolute atomic E-state index is 0. The third kappa shape index (κ3) is 8.66. The van der Waals surface area contributed by atoms with Crippen molar-refractivity contribution in [3.8, 4) is 5.75 Å². The summed E-state index contributed by atoms with van der Waals surface area (Å²) in [6.45, 7) is 4.48. The molecule has 2 rings (SSSR count). The van der Waals surface area contributed by atoms with Crippen molar-refractivity contribution < 1.29 is 14.3 Å². The number of benzene rings is 2. The molecule has 2 N–H and O–H groups in total. The summed E-state index contributed by atoms with van der Waals surface area (Å²) in [5, 5.41) is 6.64. The Morgan fingerprint density at radius 2 is 1.81 bits per heavy atom. The van der Waals surface area contributed by atoms with E-state index in [4.69, 9.17) is 9.47 Å². The van der Waals surface area contributed by atoms with Gasteiger partial charge in [0.25, 0.3) is 0 Å². The number of hydrogen-bond donors (Lipinski definition) is 2. The average Bonchev–Trinajstić information content (AvgIpc) is 2.80. The lowest BCUT2D eigenvalue weighted by atomic mass is 10.1. The molecule has 0 spiro atoms. The van der Waals surface area contributed by atoms with Crippen molar-refractivity contribution in [2.75, 3.05) is 34.9 Å². The summed E-state index contributed by atoms with van der Waals surface area (Å²) in [5.74, 6) is 0.787. The van der Waals surface area contributed by atoms with E-state index in [1.165, 1.54) is 19.8 Å². The van der Waals surface area contributed by atoms with Gasteiger partial charge in [-0.05, 0) is 43.7 Å². The fourth-order valence-electron chi connectivity index (χ4n) is 3.19. The van der Waals surface area contributed by atoms with E-state index in [1.54, 1.807) is 19.2 Å². The van der Waals surface area contributed by atoms with Gasteiger partial charge < -0.3 is 20.1 Å². The molecule has 1 atom stereocenters. The maximum Gasteiger partial charge on any atom is 0.341 e. The van der Waals surface area contributed by atoms with Crippen molar-refractivity contribution in [3.05, 3.63) is 65.2 Å². The number of ether oxygens (including phenoxy) is 2. The second-order valence-electron chi connectivity index (χ2n) is 7.42. The van der Waals surface area contributed by atoms with Gasteiger partial charge in [-0.25, -0.2) is 4.79 Å². The van der Waals surface area contributed by atoms with Crippen LogP contribution in [0.25, 0.3) is 0 Å². The second kappa shape index (κ2) is 14.7. The molecule has 0 saturated heterocycles. The molecular formula is C24H35IN4O3. The van der Waals surface area contributed by atoms with Crippen LogP contribution in [-0.2, 0) is 17.8 Å². The number of methoxy groups -OCH3 is 2. The molecule has 2 aromatic rings. The summed E-state index contributed by atoms with van der Waals surface area (Å²) in [7, 11) is 6.78. The van der Waals surface area contributed by atoms with E-state index in [1.807, 2.05) is 12.1 Å². The minimum atomic E-state index is -0.421. The van der Waals surface area contributed by atoms with Crippen LogP contribution in [-0.4, -0.2) is 57.7 Å². The number of halogens is 1. The molecule has 8 heteroatoms. The van der Waals surface area contributed by atoms with Crippen LogP contribution in [0.4, 0.5) is 0 Å². The van der Waals surface area contributed by atoms with Crippen LogP contribution in [0.2, 0.25) is 0 Å². The molecule has 0 aliphatic rings. The van der Waals surface area contributed by atoms with Gasteiger partial charge in [0.05, 0.1) is 14.2 Å². The Hall–Kier alpha value is -2.33. The Balaban J connectivity index is 0.00000512. The monoisotopic (exact) mass is 554 g/mol. The predicted octanol–water partition coefficient (Wildman–Crippen LogP) is 3.68. The summed E-state index contributed by atoms with van der Waals surface area (Å²) in [4.78, 5) is 18.6. The number of carbonyl (C=O) groups excluding carboxylic acids is 1. The van der Waals surface area contributed by atoms with Crippen LogP contribution in [0.3, 0.4) is 0 Å². The minimum Gasteiger partial charge on any atom is -0.496 e. The normalized spacial score (nSPS) is 12.0. The molecule has 0 radical (unpaired) electrons. The molecule has 176 valence electrons. The fraction of sp³-hybridized carbons (Fsp3) is 0.417. The van der Waals surface area contributed by atoms with E-state index >= 15 is 0 Å². The van der Waals surface area contributed by atoms with Crippen LogP contribution in [0.15, 0.2) is 53.5 Å². The first-order valence-corrected chi connectivity index (χ1v) is 10.4. The molecule has 0 fully saturated rings. The highest BCUT2D eigenvalue weighted by Crippen LogP contribution is 2.20. The quantitative estimate of drug-likeness (QED) is 0.202. The van der Waals surface area contributed by atoms with Crippen LogP contribution in [0.5, 0.6) is 5.75 Å². The van der Waals surface area contributed by atoms with Gasteiger partial charge in [0.2, 0.25) is 0 Å². The largest absolute Gasteiger partial charge is 0.496 e. The van der Waals surface area contributed by atoms with Gasteiger partial charge in [0.1, 0.15) is 11.3 Å². The van der Waals surface area contributed by atoms with E-state index in [-0.39, 0.29) is 24.0 Å². The first-order valence-electron chi connectivity index (χ1n) is 10.4. The SMILES string of the molecule is CN=C(NCCC(C)N(C)Cc1ccccc1)NCc1ccc(OC)c(C(=O)OC)c1.I. The van der Waals surface area contributed by atoms with Gasteiger partial charge >= 0.3 is 5.97 Å². The molecule has 0 saturated carbocycles. The van der Waals surface area contributed by atoms with E-state index < -0.39 is 5.97 Å². The first-order chi connectivity index (χ1) is 15.0. The highest BCUT2D eigenvalue weighted by Gasteiger charge is 2.14. The number of rotatable bonds is 10. The van der Waals surface area contributed by atoms with Gasteiger partial charge in [-0.3, -0.25) is 9.89 Å². The number of hydrogen-bond acceptors (Lipinski definition) is 5. The summed E-state index contributed by atoms with van der Waals surface area (Å²) in [5.41, 5.74) is 2.65. The van der Waals surface area contributed by atoms with Crippen molar-refractivity contribution in [1.29, 1.82) is 0 Å². The lowest BCUT2D eigenvalue weighted by molar-refractivity contribution is 0.0597. The zero-order valence-electron chi connectivity index (χ0n) is 19.6. The lowest BCUT2D eigenvalue weighted by Gasteiger charge is -2.25. The van der Waals surface area contributed by atoms with Crippen LogP contribution >= 0.6 is 24.0 Å². The molecule has 2 aromatic carbocycles. The summed E-state index contributed by atoms with van der Waals surface area (Å²) in [6.07, 6.45) is 0.985. The third-order valence-corrected chi connectivity index (χ3v) is 5.23. The van der Waals surface area contributed by atoms with Crippen molar-refractivity contribution in [2.45, 2.75) is 32.5 Å². The van der Waals surface area contributed by atoms with Crippen molar-refractivity contribution >= 4 is 35.9 Å². The van der Waals surface area contributed by atoms with E-state index in [0.29, 0.717) is 29.9 Å². The number of nitrogens with zero attached hydrogens (tertiary/aromatic N) is 2. The topological polar surface area (TPSA) is 75.2 Å². The Morgan fingerprint density at radius 3 is 2.44 bits per heavy atom.